The van der Waals surface area contributed by atoms with Crippen molar-refractivity contribution in [1.82, 2.24) is 9.88 Å². The van der Waals surface area contributed by atoms with E-state index in [-0.39, 0.29) is 11.9 Å². The van der Waals surface area contributed by atoms with Gasteiger partial charge >= 0.3 is 5.97 Å². The van der Waals surface area contributed by atoms with Crippen LogP contribution in [0.2, 0.25) is 0 Å². The van der Waals surface area contributed by atoms with E-state index in [0.717, 1.165) is 18.8 Å². The smallest absolute Gasteiger partial charge is 0.339 e. The molecule has 180 valence electrons. The second kappa shape index (κ2) is 12.4. The lowest BCUT2D eigenvalue weighted by Gasteiger charge is -2.23. The molecule has 1 aliphatic heterocycles. The van der Waals surface area contributed by atoms with Crippen LogP contribution in [0.4, 0.5) is 5.82 Å². The summed E-state index contributed by atoms with van der Waals surface area (Å²) in [4.78, 5) is 32.9. The quantitative estimate of drug-likeness (QED) is 0.410. The molecule has 0 saturated carbocycles. The molecule has 0 radical (unpaired) electrons. The summed E-state index contributed by atoms with van der Waals surface area (Å²) in [6, 6.07) is 10.6. The summed E-state index contributed by atoms with van der Waals surface area (Å²) in [7, 11) is 1.53. The standard InChI is InChI=1S/C25H30N4O5/c1-3-33-25(31)20-8-10-23(27-18-20)28-11-5-12-29(14-13-28)24(30)6-4-15-34-21-9-7-19(17-26)16-22(21)32-2/h7-10,16,18H,3-6,11-15H2,1-2H3. The van der Waals surface area contributed by atoms with Gasteiger partial charge in [0.2, 0.25) is 5.91 Å². The molecular weight excluding hydrogens is 436 g/mol. The first kappa shape index (κ1) is 24.8. The van der Waals surface area contributed by atoms with Crippen LogP contribution >= 0.6 is 0 Å². The Morgan fingerprint density at radius 2 is 1.97 bits per heavy atom. The maximum absolute atomic E-state index is 12.7. The van der Waals surface area contributed by atoms with Gasteiger partial charge in [-0.3, -0.25) is 4.79 Å². The number of nitrogens with zero attached hydrogens (tertiary/aromatic N) is 4. The third kappa shape index (κ3) is 6.61. The first-order chi connectivity index (χ1) is 16.5. The topological polar surface area (TPSA) is 105 Å². The fourth-order valence-electron chi connectivity index (χ4n) is 3.72. The van der Waals surface area contributed by atoms with Crippen LogP contribution in [0.1, 0.15) is 42.1 Å². The van der Waals surface area contributed by atoms with Crippen LogP contribution in [0.15, 0.2) is 36.5 Å². The van der Waals surface area contributed by atoms with Gasteiger partial charge in [-0.25, -0.2) is 9.78 Å². The van der Waals surface area contributed by atoms with Crippen molar-refractivity contribution in [2.24, 2.45) is 0 Å². The lowest BCUT2D eigenvalue weighted by Crippen LogP contribution is -2.35. The number of carbonyl (C=O) groups excluding carboxylic acids is 2. The minimum atomic E-state index is -0.379. The highest BCUT2D eigenvalue weighted by molar-refractivity contribution is 5.89. The molecule has 3 rings (SSSR count). The molecule has 1 aliphatic rings. The third-order valence-corrected chi connectivity index (χ3v) is 5.52. The molecule has 1 aromatic heterocycles. The highest BCUT2D eigenvalue weighted by Gasteiger charge is 2.20. The molecule has 1 fully saturated rings. The van der Waals surface area contributed by atoms with Crippen LogP contribution in [-0.2, 0) is 9.53 Å². The molecule has 0 spiro atoms. The van der Waals surface area contributed by atoms with E-state index in [1.165, 1.54) is 13.3 Å². The van der Waals surface area contributed by atoms with E-state index in [0.29, 0.717) is 68.3 Å². The summed E-state index contributed by atoms with van der Waals surface area (Å²) in [5.74, 6) is 1.56. The van der Waals surface area contributed by atoms with Gasteiger partial charge < -0.3 is 24.0 Å². The van der Waals surface area contributed by atoms with Crippen molar-refractivity contribution >= 4 is 17.7 Å². The highest BCUT2D eigenvalue weighted by Crippen LogP contribution is 2.28. The summed E-state index contributed by atoms with van der Waals surface area (Å²) in [6.45, 7) is 5.25. The van der Waals surface area contributed by atoms with Crippen LogP contribution in [0.25, 0.3) is 0 Å². The van der Waals surface area contributed by atoms with E-state index in [9.17, 15) is 9.59 Å². The zero-order valence-corrected chi connectivity index (χ0v) is 19.7. The number of esters is 1. The Hall–Kier alpha value is -3.80. The number of carbonyl (C=O) groups is 2. The Morgan fingerprint density at radius 1 is 1.12 bits per heavy atom. The lowest BCUT2D eigenvalue weighted by molar-refractivity contribution is -0.131. The Kier molecular flexibility index (Phi) is 9.09. The van der Waals surface area contributed by atoms with Gasteiger partial charge in [-0.1, -0.05) is 0 Å². The van der Waals surface area contributed by atoms with Crippen LogP contribution in [0.3, 0.4) is 0 Å². The first-order valence-corrected chi connectivity index (χ1v) is 11.4. The van der Waals surface area contributed by atoms with E-state index in [2.05, 4.69) is 16.0 Å². The number of ether oxygens (including phenoxy) is 3. The fourth-order valence-corrected chi connectivity index (χ4v) is 3.72. The minimum Gasteiger partial charge on any atom is -0.493 e. The maximum atomic E-state index is 12.7. The molecule has 1 saturated heterocycles. The molecule has 9 heteroatoms. The number of hydrogen-bond acceptors (Lipinski definition) is 8. The van der Waals surface area contributed by atoms with Crippen molar-refractivity contribution in [2.45, 2.75) is 26.2 Å². The van der Waals surface area contributed by atoms with Gasteiger partial charge in [0.25, 0.3) is 0 Å². The predicted molar refractivity (Wildman–Crippen MR) is 126 cm³/mol. The molecule has 0 aliphatic carbocycles. The molecule has 0 N–H and O–H groups in total. The zero-order chi connectivity index (χ0) is 24.3. The van der Waals surface area contributed by atoms with E-state index in [1.54, 1.807) is 31.2 Å². The number of pyridine rings is 1. The van der Waals surface area contributed by atoms with Gasteiger partial charge in [0.15, 0.2) is 11.5 Å². The van der Waals surface area contributed by atoms with Crippen LogP contribution in [0, 0.1) is 11.3 Å². The molecule has 1 amide bonds. The van der Waals surface area contributed by atoms with Crippen LogP contribution in [0.5, 0.6) is 11.5 Å². The van der Waals surface area contributed by atoms with Gasteiger partial charge in [-0.15, -0.1) is 0 Å². The van der Waals surface area contributed by atoms with Gasteiger partial charge in [0.1, 0.15) is 5.82 Å². The van der Waals surface area contributed by atoms with Crippen molar-refractivity contribution in [1.29, 1.82) is 5.26 Å². The van der Waals surface area contributed by atoms with Crippen LogP contribution < -0.4 is 14.4 Å². The van der Waals surface area contributed by atoms with Gasteiger partial charge in [-0.2, -0.15) is 5.26 Å². The first-order valence-electron chi connectivity index (χ1n) is 11.4. The molecular formula is C25H30N4O5. The largest absolute Gasteiger partial charge is 0.493 e. The van der Waals surface area contributed by atoms with Crippen molar-refractivity contribution in [3.05, 3.63) is 47.7 Å². The van der Waals surface area contributed by atoms with E-state index in [1.807, 2.05) is 11.0 Å². The van der Waals surface area contributed by atoms with Gasteiger partial charge in [0.05, 0.1) is 37.5 Å². The average Bonchev–Trinajstić information content (AvgIpc) is 3.13. The number of methoxy groups -OCH3 is 1. The maximum Gasteiger partial charge on any atom is 0.339 e. The Bertz CT molecular complexity index is 1020. The summed E-state index contributed by atoms with van der Waals surface area (Å²) < 4.78 is 16.0. The van der Waals surface area contributed by atoms with Gasteiger partial charge in [-0.05, 0) is 44.0 Å². The minimum absolute atomic E-state index is 0.0999. The zero-order valence-electron chi connectivity index (χ0n) is 19.7. The predicted octanol–water partition coefficient (Wildman–Crippen LogP) is 3.04. The van der Waals surface area contributed by atoms with Crippen molar-refractivity contribution in [3.8, 4) is 17.6 Å². The van der Waals surface area contributed by atoms with Crippen molar-refractivity contribution in [2.75, 3.05) is 51.4 Å². The number of benzene rings is 1. The average molecular weight is 467 g/mol. The molecule has 0 atom stereocenters. The monoisotopic (exact) mass is 466 g/mol. The third-order valence-electron chi connectivity index (χ3n) is 5.52. The number of amides is 1. The molecule has 0 bridgehead atoms. The molecule has 1 aromatic carbocycles. The van der Waals surface area contributed by atoms with Crippen molar-refractivity contribution < 1.29 is 23.8 Å². The summed E-state index contributed by atoms with van der Waals surface area (Å²) in [6.07, 6.45) is 3.35. The van der Waals surface area contributed by atoms with Gasteiger partial charge in [0, 0.05) is 44.9 Å². The Balaban J connectivity index is 1.45. The summed E-state index contributed by atoms with van der Waals surface area (Å²) >= 11 is 0. The molecule has 2 heterocycles. The van der Waals surface area contributed by atoms with E-state index < -0.39 is 0 Å². The lowest BCUT2D eigenvalue weighted by atomic mass is 10.2. The highest BCUT2D eigenvalue weighted by atomic mass is 16.5. The fraction of sp³-hybridized carbons (Fsp3) is 0.440. The number of rotatable bonds is 9. The van der Waals surface area contributed by atoms with E-state index in [4.69, 9.17) is 19.5 Å². The molecule has 9 nitrogen and oxygen atoms in total. The SMILES string of the molecule is CCOC(=O)c1ccc(N2CCCN(C(=O)CCCOc3ccc(C#N)cc3OC)CC2)nc1. The normalized spacial score (nSPS) is 13.6. The molecule has 0 unspecified atom stereocenters. The number of anilines is 1. The second-order valence-corrected chi connectivity index (χ2v) is 7.78. The Labute approximate surface area is 199 Å². The second-order valence-electron chi connectivity index (χ2n) is 7.78. The molecule has 34 heavy (non-hydrogen) atoms. The Morgan fingerprint density at radius 3 is 2.68 bits per heavy atom. The van der Waals surface area contributed by atoms with Crippen molar-refractivity contribution in [3.63, 3.8) is 0 Å². The van der Waals surface area contributed by atoms with E-state index >= 15 is 0 Å². The number of aromatic nitrogens is 1. The summed E-state index contributed by atoms with van der Waals surface area (Å²) in [5, 5.41) is 8.99. The number of nitriles is 1. The number of hydrogen-bond donors (Lipinski definition) is 0. The molecule has 2 aromatic rings. The summed E-state index contributed by atoms with van der Waals surface area (Å²) in [5.41, 5.74) is 0.929. The van der Waals surface area contributed by atoms with Crippen LogP contribution in [-0.4, -0.2) is 68.3 Å².